The maximum absolute atomic E-state index is 11.6. The Kier molecular flexibility index (Phi) is 2.19. The smallest absolute Gasteiger partial charge is 0.201 e. The summed E-state index contributed by atoms with van der Waals surface area (Å²) in [6.45, 7) is 0.359. The first-order valence-corrected chi connectivity index (χ1v) is 4.64. The van der Waals surface area contributed by atoms with Crippen LogP contribution in [0.15, 0.2) is 16.5 Å². The summed E-state index contributed by atoms with van der Waals surface area (Å²) in [5.41, 5.74) is 5.38. The van der Waals surface area contributed by atoms with Crippen molar-refractivity contribution in [3.63, 3.8) is 0 Å². The number of carbonyl (C=O) groups is 1. The van der Waals surface area contributed by atoms with Crippen LogP contribution in [0, 0.1) is 5.92 Å². The third-order valence-electron chi connectivity index (χ3n) is 2.58. The molecular weight excluding hydrogens is 166 g/mol. The van der Waals surface area contributed by atoms with Gasteiger partial charge in [-0.3, -0.25) is 4.79 Å². The second-order valence-corrected chi connectivity index (χ2v) is 3.46. The molecule has 3 heteroatoms. The maximum atomic E-state index is 11.6. The first-order chi connectivity index (χ1) is 6.31. The van der Waals surface area contributed by atoms with Gasteiger partial charge in [0, 0.05) is 5.92 Å². The summed E-state index contributed by atoms with van der Waals surface area (Å²) in [5, 5.41) is 0. The number of rotatable bonds is 3. The molecule has 0 spiro atoms. The number of Topliss-reactive ketones (excluding diaryl/α,β-unsaturated/α-hetero) is 1. The highest BCUT2D eigenvalue weighted by atomic mass is 16.3. The molecule has 1 heterocycles. The zero-order chi connectivity index (χ0) is 9.26. The molecule has 0 amide bonds. The molecule has 0 atom stereocenters. The summed E-state index contributed by atoms with van der Waals surface area (Å²) < 4.78 is 5.28. The van der Waals surface area contributed by atoms with Gasteiger partial charge in [-0.1, -0.05) is 6.42 Å². The Morgan fingerprint density at radius 1 is 1.54 bits per heavy atom. The van der Waals surface area contributed by atoms with Crippen LogP contribution in [-0.2, 0) is 6.54 Å². The van der Waals surface area contributed by atoms with Crippen molar-refractivity contribution >= 4 is 5.78 Å². The number of ketones is 1. The molecule has 1 saturated carbocycles. The molecule has 0 saturated heterocycles. The van der Waals surface area contributed by atoms with Crippen LogP contribution < -0.4 is 5.73 Å². The minimum Gasteiger partial charge on any atom is -0.457 e. The first kappa shape index (κ1) is 8.51. The summed E-state index contributed by atoms with van der Waals surface area (Å²) in [7, 11) is 0. The number of nitrogens with two attached hydrogens (primary N) is 1. The molecule has 2 rings (SSSR count). The van der Waals surface area contributed by atoms with E-state index >= 15 is 0 Å². The van der Waals surface area contributed by atoms with Crippen LogP contribution in [0.4, 0.5) is 0 Å². The van der Waals surface area contributed by atoms with Crippen molar-refractivity contribution in [2.45, 2.75) is 25.8 Å². The normalized spacial score (nSPS) is 17.0. The second kappa shape index (κ2) is 3.34. The summed E-state index contributed by atoms with van der Waals surface area (Å²) >= 11 is 0. The molecule has 1 aromatic rings. The van der Waals surface area contributed by atoms with Crippen molar-refractivity contribution in [2.24, 2.45) is 11.7 Å². The van der Waals surface area contributed by atoms with Crippen molar-refractivity contribution in [3.05, 3.63) is 23.7 Å². The van der Waals surface area contributed by atoms with Crippen molar-refractivity contribution < 1.29 is 9.21 Å². The van der Waals surface area contributed by atoms with Gasteiger partial charge in [0.15, 0.2) is 5.76 Å². The van der Waals surface area contributed by atoms with E-state index in [4.69, 9.17) is 10.2 Å². The molecule has 1 aromatic heterocycles. The van der Waals surface area contributed by atoms with Crippen molar-refractivity contribution in [3.8, 4) is 0 Å². The van der Waals surface area contributed by atoms with Crippen LogP contribution in [0.5, 0.6) is 0 Å². The maximum Gasteiger partial charge on any atom is 0.201 e. The van der Waals surface area contributed by atoms with E-state index in [1.807, 2.05) is 0 Å². The molecule has 13 heavy (non-hydrogen) atoms. The second-order valence-electron chi connectivity index (χ2n) is 3.46. The van der Waals surface area contributed by atoms with Crippen LogP contribution in [0.3, 0.4) is 0 Å². The fourth-order valence-corrected chi connectivity index (χ4v) is 1.49. The average Bonchev–Trinajstić information content (AvgIpc) is 2.48. The highest BCUT2D eigenvalue weighted by Crippen LogP contribution is 2.30. The van der Waals surface area contributed by atoms with Gasteiger partial charge in [0.05, 0.1) is 6.54 Å². The van der Waals surface area contributed by atoms with Gasteiger partial charge in [0.2, 0.25) is 5.78 Å². The standard InChI is InChI=1S/C10H13NO2/c11-6-8-4-5-9(13-8)10(12)7-2-1-3-7/h4-5,7H,1-3,6,11H2. The van der Waals surface area contributed by atoms with E-state index in [0.29, 0.717) is 18.1 Å². The van der Waals surface area contributed by atoms with E-state index < -0.39 is 0 Å². The molecule has 1 aliphatic carbocycles. The number of furan rings is 1. The van der Waals surface area contributed by atoms with Gasteiger partial charge in [0.25, 0.3) is 0 Å². The van der Waals surface area contributed by atoms with Gasteiger partial charge in [-0.15, -0.1) is 0 Å². The average molecular weight is 179 g/mol. The Morgan fingerprint density at radius 3 is 2.77 bits per heavy atom. The molecule has 1 aliphatic rings. The molecule has 3 nitrogen and oxygen atoms in total. The Morgan fingerprint density at radius 2 is 2.31 bits per heavy atom. The van der Waals surface area contributed by atoms with Crippen LogP contribution in [0.2, 0.25) is 0 Å². The molecule has 70 valence electrons. The van der Waals surface area contributed by atoms with E-state index in [0.717, 1.165) is 12.8 Å². The number of carbonyl (C=O) groups excluding carboxylic acids is 1. The SMILES string of the molecule is NCc1ccc(C(=O)C2CCC2)o1. The van der Waals surface area contributed by atoms with Gasteiger partial charge in [-0.05, 0) is 25.0 Å². The van der Waals surface area contributed by atoms with Crippen molar-refractivity contribution in [1.29, 1.82) is 0 Å². The highest BCUT2D eigenvalue weighted by Gasteiger charge is 2.28. The molecule has 1 fully saturated rings. The van der Waals surface area contributed by atoms with E-state index in [2.05, 4.69) is 0 Å². The van der Waals surface area contributed by atoms with E-state index in [1.54, 1.807) is 12.1 Å². The lowest BCUT2D eigenvalue weighted by atomic mass is 9.81. The predicted molar refractivity (Wildman–Crippen MR) is 48.3 cm³/mol. The van der Waals surface area contributed by atoms with Crippen LogP contribution >= 0.6 is 0 Å². The zero-order valence-electron chi connectivity index (χ0n) is 7.45. The largest absolute Gasteiger partial charge is 0.457 e. The number of hydrogen-bond acceptors (Lipinski definition) is 3. The third-order valence-corrected chi connectivity index (χ3v) is 2.58. The summed E-state index contributed by atoms with van der Waals surface area (Å²) in [4.78, 5) is 11.6. The minimum absolute atomic E-state index is 0.144. The molecule has 2 N–H and O–H groups in total. The number of hydrogen-bond donors (Lipinski definition) is 1. The van der Waals surface area contributed by atoms with Crippen LogP contribution in [0.1, 0.15) is 35.6 Å². The fourth-order valence-electron chi connectivity index (χ4n) is 1.49. The minimum atomic E-state index is 0.144. The summed E-state index contributed by atoms with van der Waals surface area (Å²) in [5.74, 6) is 1.51. The highest BCUT2D eigenvalue weighted by molar-refractivity contribution is 5.95. The lowest BCUT2D eigenvalue weighted by Gasteiger charge is -2.22. The van der Waals surface area contributed by atoms with Crippen LogP contribution in [-0.4, -0.2) is 5.78 Å². The zero-order valence-corrected chi connectivity index (χ0v) is 7.45. The van der Waals surface area contributed by atoms with E-state index in [9.17, 15) is 4.79 Å². The van der Waals surface area contributed by atoms with Crippen molar-refractivity contribution in [1.82, 2.24) is 0 Å². The quantitative estimate of drug-likeness (QED) is 0.719. The van der Waals surface area contributed by atoms with E-state index in [-0.39, 0.29) is 11.7 Å². The topological polar surface area (TPSA) is 56.2 Å². The molecule has 0 radical (unpaired) electrons. The molecule has 0 unspecified atom stereocenters. The van der Waals surface area contributed by atoms with E-state index in [1.165, 1.54) is 6.42 Å². The van der Waals surface area contributed by atoms with Gasteiger partial charge in [-0.25, -0.2) is 0 Å². The van der Waals surface area contributed by atoms with Crippen molar-refractivity contribution in [2.75, 3.05) is 0 Å². The van der Waals surface area contributed by atoms with Gasteiger partial charge in [-0.2, -0.15) is 0 Å². The Hall–Kier alpha value is -1.09. The third kappa shape index (κ3) is 1.52. The van der Waals surface area contributed by atoms with Gasteiger partial charge < -0.3 is 10.2 Å². The molecule has 0 aliphatic heterocycles. The summed E-state index contributed by atoms with van der Waals surface area (Å²) in [6.07, 6.45) is 3.19. The molecular formula is C10H13NO2. The lowest BCUT2D eigenvalue weighted by Crippen LogP contribution is -2.21. The Balaban J connectivity index is 2.10. The molecule has 0 aromatic carbocycles. The van der Waals surface area contributed by atoms with Gasteiger partial charge in [0.1, 0.15) is 5.76 Å². The van der Waals surface area contributed by atoms with Gasteiger partial charge >= 0.3 is 0 Å². The molecule has 0 bridgehead atoms. The lowest BCUT2D eigenvalue weighted by molar-refractivity contribution is 0.0824. The van der Waals surface area contributed by atoms with Crippen LogP contribution in [0.25, 0.3) is 0 Å². The predicted octanol–water partition coefficient (Wildman–Crippen LogP) is 1.72. The Bertz CT molecular complexity index is 312. The monoisotopic (exact) mass is 179 g/mol. The Labute approximate surface area is 76.9 Å². The fraction of sp³-hybridized carbons (Fsp3) is 0.500. The first-order valence-electron chi connectivity index (χ1n) is 4.64. The summed E-state index contributed by atoms with van der Waals surface area (Å²) in [6, 6.07) is 3.49.